The van der Waals surface area contributed by atoms with Crippen molar-refractivity contribution >= 4 is 5.71 Å². The molecule has 0 bridgehead atoms. The summed E-state index contributed by atoms with van der Waals surface area (Å²) in [4.78, 5) is 0. The molecule has 1 heterocycles. The van der Waals surface area contributed by atoms with Crippen molar-refractivity contribution in [2.75, 3.05) is 14.2 Å². The highest BCUT2D eigenvalue weighted by Gasteiger charge is 2.41. The fraction of sp³-hybridized carbons (Fsp3) is 0.533. The molecule has 1 aromatic carbocycles. The predicted molar refractivity (Wildman–Crippen MR) is 74.1 cm³/mol. The summed E-state index contributed by atoms with van der Waals surface area (Å²) in [5.41, 5.74) is 2.44. The van der Waals surface area contributed by atoms with E-state index in [1.165, 1.54) is 0 Å². The number of benzene rings is 1. The highest BCUT2D eigenvalue weighted by atomic mass is 16.7. The maximum Gasteiger partial charge on any atom is 0.195 e. The average Bonchev–Trinajstić information content (AvgIpc) is 2.70. The van der Waals surface area contributed by atoms with E-state index in [1.54, 1.807) is 14.2 Å². The van der Waals surface area contributed by atoms with Crippen LogP contribution in [0.5, 0.6) is 0 Å². The Kier molecular flexibility index (Phi) is 3.92. The molecule has 0 spiro atoms. The Labute approximate surface area is 114 Å². The Bertz CT molecular complexity index is 477. The Morgan fingerprint density at radius 3 is 2.21 bits per heavy atom. The third-order valence-electron chi connectivity index (χ3n) is 4.00. The maximum atomic E-state index is 12.2. The van der Waals surface area contributed by atoms with Crippen LogP contribution in [-0.2, 0) is 15.0 Å². The minimum absolute atomic E-state index is 0.359. The van der Waals surface area contributed by atoms with Crippen LogP contribution in [0.2, 0.25) is 0 Å². The number of nitrogens with zero attached hydrogens (tertiary/aromatic N) is 1. The van der Waals surface area contributed by atoms with Gasteiger partial charge in [-0.25, -0.2) is 4.74 Å². The molecule has 0 aliphatic carbocycles. The maximum absolute atomic E-state index is 12.2. The van der Waals surface area contributed by atoms with Crippen molar-refractivity contribution in [3.8, 4) is 0 Å². The fourth-order valence-electron chi connectivity index (χ4n) is 2.68. The van der Waals surface area contributed by atoms with Crippen LogP contribution in [0.1, 0.15) is 44.1 Å². The molecule has 1 aliphatic heterocycles. The van der Waals surface area contributed by atoms with E-state index in [2.05, 4.69) is 0 Å². The first-order chi connectivity index (χ1) is 9.02. The van der Waals surface area contributed by atoms with Crippen molar-refractivity contribution in [1.29, 1.82) is 0 Å². The quantitative estimate of drug-likeness (QED) is 0.476. The van der Waals surface area contributed by atoms with Gasteiger partial charge in [0.25, 0.3) is 0 Å². The number of hydrogen-bond donors (Lipinski definition) is 0. The third kappa shape index (κ3) is 2.38. The third-order valence-corrected chi connectivity index (χ3v) is 4.00. The minimum Gasteiger partial charge on any atom is -0.623 e. The lowest BCUT2D eigenvalue weighted by molar-refractivity contribution is -0.546. The lowest BCUT2D eigenvalue weighted by Gasteiger charge is -2.24. The van der Waals surface area contributed by atoms with Crippen LogP contribution in [0.4, 0.5) is 0 Å². The van der Waals surface area contributed by atoms with Gasteiger partial charge in [0.15, 0.2) is 17.5 Å². The fourth-order valence-corrected chi connectivity index (χ4v) is 2.68. The van der Waals surface area contributed by atoms with Crippen molar-refractivity contribution in [2.24, 2.45) is 0 Å². The van der Waals surface area contributed by atoms with Crippen LogP contribution in [0.25, 0.3) is 0 Å². The first kappa shape index (κ1) is 14.0. The molecule has 0 amide bonds. The summed E-state index contributed by atoms with van der Waals surface area (Å²) in [5, 5.41) is 12.2. The number of hydroxylamine groups is 1. The Morgan fingerprint density at radius 2 is 1.79 bits per heavy atom. The van der Waals surface area contributed by atoms with Gasteiger partial charge in [0, 0.05) is 52.0 Å². The van der Waals surface area contributed by atoms with Gasteiger partial charge >= 0.3 is 0 Å². The molecule has 1 aliphatic rings. The second kappa shape index (κ2) is 5.31. The minimum atomic E-state index is -0.446. The van der Waals surface area contributed by atoms with Gasteiger partial charge < -0.3 is 14.7 Å². The van der Waals surface area contributed by atoms with E-state index in [1.807, 2.05) is 38.1 Å². The van der Waals surface area contributed by atoms with E-state index in [-0.39, 0.29) is 6.29 Å². The standard InChI is InChI=1S/C15H21NO3/c1-11-9-10-15(2,16(11)17)13-7-5-12(6-8-13)14(18-3)19-4/h5-8,14H,9-10H2,1-4H3/t15-/m0/s1. The van der Waals surface area contributed by atoms with Crippen molar-refractivity contribution in [2.45, 2.75) is 38.5 Å². The molecule has 2 rings (SSSR count). The van der Waals surface area contributed by atoms with Gasteiger partial charge in [-0.05, 0) is 0 Å². The Hall–Kier alpha value is -1.39. The van der Waals surface area contributed by atoms with Gasteiger partial charge in [-0.15, -0.1) is 0 Å². The molecular weight excluding hydrogens is 242 g/mol. The van der Waals surface area contributed by atoms with Gasteiger partial charge in [-0.1, -0.05) is 24.3 Å². The first-order valence-electron chi connectivity index (χ1n) is 6.48. The molecule has 0 unspecified atom stereocenters. The van der Waals surface area contributed by atoms with E-state index in [4.69, 9.17) is 9.47 Å². The molecule has 104 valence electrons. The molecule has 1 atom stereocenters. The molecule has 0 saturated carbocycles. The zero-order valence-corrected chi connectivity index (χ0v) is 12.0. The van der Waals surface area contributed by atoms with Gasteiger partial charge in [0.05, 0.1) is 0 Å². The van der Waals surface area contributed by atoms with Crippen LogP contribution in [0, 0.1) is 5.21 Å². The SMILES string of the molecule is COC(OC)c1ccc([C@]2(C)CCC(C)=[N+]2[O-])cc1. The predicted octanol–water partition coefficient (Wildman–Crippen LogP) is 2.96. The number of methoxy groups -OCH3 is 2. The van der Waals surface area contributed by atoms with Crippen LogP contribution in [-0.4, -0.2) is 24.7 Å². The van der Waals surface area contributed by atoms with E-state index in [0.717, 1.165) is 34.4 Å². The topological polar surface area (TPSA) is 44.5 Å². The van der Waals surface area contributed by atoms with Gasteiger partial charge in [0.2, 0.25) is 0 Å². The van der Waals surface area contributed by atoms with Crippen molar-refractivity contribution in [3.05, 3.63) is 40.6 Å². The molecule has 0 fully saturated rings. The lowest BCUT2D eigenvalue weighted by Crippen LogP contribution is -2.30. The van der Waals surface area contributed by atoms with E-state index in [0.29, 0.717) is 0 Å². The molecule has 0 aromatic heterocycles. The molecule has 4 heteroatoms. The number of rotatable bonds is 4. The molecule has 0 saturated heterocycles. The molecular formula is C15H21NO3. The van der Waals surface area contributed by atoms with Crippen LogP contribution < -0.4 is 0 Å². The average molecular weight is 263 g/mol. The summed E-state index contributed by atoms with van der Waals surface area (Å²) in [6.45, 7) is 3.90. The van der Waals surface area contributed by atoms with Crippen molar-refractivity contribution < 1.29 is 14.2 Å². The van der Waals surface area contributed by atoms with E-state index >= 15 is 0 Å². The lowest BCUT2D eigenvalue weighted by atomic mass is 9.89. The summed E-state index contributed by atoms with van der Waals surface area (Å²) in [5.74, 6) is 0. The number of hydrogen-bond acceptors (Lipinski definition) is 3. The molecule has 4 nitrogen and oxygen atoms in total. The first-order valence-corrected chi connectivity index (χ1v) is 6.48. The monoisotopic (exact) mass is 263 g/mol. The zero-order chi connectivity index (χ0) is 14.0. The number of ether oxygens (including phenoxy) is 2. The molecule has 19 heavy (non-hydrogen) atoms. The van der Waals surface area contributed by atoms with Crippen molar-refractivity contribution in [3.63, 3.8) is 0 Å². The largest absolute Gasteiger partial charge is 0.623 e. The van der Waals surface area contributed by atoms with E-state index in [9.17, 15) is 5.21 Å². The van der Waals surface area contributed by atoms with Crippen LogP contribution in [0.3, 0.4) is 0 Å². The van der Waals surface area contributed by atoms with Gasteiger partial charge in [0.1, 0.15) is 0 Å². The Balaban J connectivity index is 2.29. The smallest absolute Gasteiger partial charge is 0.195 e. The highest BCUT2D eigenvalue weighted by molar-refractivity contribution is 5.78. The highest BCUT2D eigenvalue weighted by Crippen LogP contribution is 2.35. The Morgan fingerprint density at radius 1 is 1.21 bits per heavy atom. The summed E-state index contributed by atoms with van der Waals surface area (Å²) < 4.78 is 11.6. The summed E-state index contributed by atoms with van der Waals surface area (Å²) in [6, 6.07) is 7.90. The van der Waals surface area contributed by atoms with Gasteiger partial charge in [-0.3, -0.25) is 0 Å². The zero-order valence-electron chi connectivity index (χ0n) is 12.0. The normalized spacial score (nSPS) is 23.4. The molecule has 1 aromatic rings. The molecule has 0 N–H and O–H groups in total. The van der Waals surface area contributed by atoms with Crippen molar-refractivity contribution in [1.82, 2.24) is 0 Å². The van der Waals surface area contributed by atoms with Crippen LogP contribution >= 0.6 is 0 Å². The second-order valence-electron chi connectivity index (χ2n) is 5.23. The second-order valence-corrected chi connectivity index (χ2v) is 5.23. The molecule has 0 radical (unpaired) electrons. The summed E-state index contributed by atoms with van der Waals surface area (Å²) in [7, 11) is 3.22. The van der Waals surface area contributed by atoms with E-state index < -0.39 is 5.54 Å². The van der Waals surface area contributed by atoms with Gasteiger partial charge in [-0.2, -0.15) is 0 Å². The summed E-state index contributed by atoms with van der Waals surface area (Å²) in [6.07, 6.45) is 1.36. The van der Waals surface area contributed by atoms with Crippen LogP contribution in [0.15, 0.2) is 24.3 Å². The summed E-state index contributed by atoms with van der Waals surface area (Å²) >= 11 is 0.